The van der Waals surface area contributed by atoms with Crippen molar-refractivity contribution in [3.63, 3.8) is 0 Å². The summed E-state index contributed by atoms with van der Waals surface area (Å²) in [6.07, 6.45) is 4.05. The Morgan fingerprint density at radius 2 is 2.06 bits per heavy atom. The number of hydrogen-bond donors (Lipinski definition) is 3. The van der Waals surface area contributed by atoms with E-state index >= 15 is 0 Å². The molecule has 5 aromatic rings. The molecule has 4 aromatic heterocycles. The van der Waals surface area contributed by atoms with Crippen LogP contribution >= 0.6 is 11.3 Å². The Morgan fingerprint density at radius 3 is 2.88 bits per heavy atom. The highest BCUT2D eigenvalue weighted by Gasteiger charge is 2.25. The molecule has 1 aliphatic heterocycles. The number of para-hydroxylation sites is 1. The maximum absolute atomic E-state index is 13.3. The highest BCUT2D eigenvalue weighted by atomic mass is 32.2. The molecule has 162 valence electrons. The highest BCUT2D eigenvalue weighted by molar-refractivity contribution is 7.94. The molecule has 32 heavy (non-hydrogen) atoms. The monoisotopic (exact) mass is 468 g/mol. The average molecular weight is 469 g/mol. The fourth-order valence-electron chi connectivity index (χ4n) is 3.97. The molecule has 0 saturated heterocycles. The molecule has 0 atom stereocenters. The molecule has 1 aromatic carbocycles. The molecule has 1 aliphatic rings. The molecular weight excluding hydrogens is 452 g/mol. The lowest BCUT2D eigenvalue weighted by Gasteiger charge is -2.09. The number of aryl methyl sites for hydroxylation is 1. The minimum Gasteiger partial charge on any atom is -0.323 e. The molecule has 0 saturated carbocycles. The molecule has 0 amide bonds. The normalized spacial score (nSPS) is 14.5. The van der Waals surface area contributed by atoms with Gasteiger partial charge in [0.05, 0.1) is 34.5 Å². The Labute approximate surface area is 184 Å². The lowest BCUT2D eigenvalue weighted by atomic mass is 10.1. The second-order valence-corrected chi connectivity index (χ2v) is 9.98. The van der Waals surface area contributed by atoms with Crippen molar-refractivity contribution in [2.45, 2.75) is 13.0 Å². The van der Waals surface area contributed by atoms with Crippen LogP contribution in [0.1, 0.15) is 16.3 Å². The first-order chi connectivity index (χ1) is 15.4. The van der Waals surface area contributed by atoms with Crippen LogP contribution in [0.4, 0.5) is 11.4 Å². The van der Waals surface area contributed by atoms with Gasteiger partial charge in [0.15, 0.2) is 5.65 Å². The number of fused-ring (bicyclic) bond motifs is 4. The van der Waals surface area contributed by atoms with Gasteiger partial charge in [-0.05, 0) is 12.1 Å². The number of H-pyrrole nitrogens is 1. The summed E-state index contributed by atoms with van der Waals surface area (Å²) in [5, 5.41) is 13.0. The van der Waals surface area contributed by atoms with Gasteiger partial charge < -0.3 is 4.57 Å². The number of aromatic nitrogens is 6. The summed E-state index contributed by atoms with van der Waals surface area (Å²) in [6, 6.07) is 7.06. The van der Waals surface area contributed by atoms with Gasteiger partial charge in [-0.1, -0.05) is 12.1 Å². The van der Waals surface area contributed by atoms with Gasteiger partial charge in [0, 0.05) is 30.6 Å². The van der Waals surface area contributed by atoms with E-state index in [1.807, 2.05) is 13.1 Å². The molecule has 0 spiro atoms. The Morgan fingerprint density at radius 1 is 1.19 bits per heavy atom. The smallest absolute Gasteiger partial charge is 0.321 e. The van der Waals surface area contributed by atoms with E-state index in [-0.39, 0.29) is 12.1 Å². The van der Waals surface area contributed by atoms with Crippen molar-refractivity contribution < 1.29 is 8.42 Å². The molecule has 0 bridgehead atoms. The molecule has 11 nitrogen and oxygen atoms in total. The van der Waals surface area contributed by atoms with Crippen LogP contribution in [0.25, 0.3) is 21.3 Å². The third-order valence-electron chi connectivity index (χ3n) is 5.41. The lowest BCUT2D eigenvalue weighted by molar-refractivity contribution is 0.607. The number of thiazole rings is 1. The largest absolute Gasteiger partial charge is 0.323 e. The molecule has 0 fully saturated rings. The number of nitrogens with zero attached hydrogens (tertiary/aromatic N) is 5. The second kappa shape index (κ2) is 6.64. The first-order valence-corrected chi connectivity index (χ1v) is 11.9. The van der Waals surface area contributed by atoms with E-state index < -0.39 is 10.2 Å². The van der Waals surface area contributed by atoms with E-state index in [0.717, 1.165) is 26.4 Å². The molecule has 3 N–H and O–H groups in total. The van der Waals surface area contributed by atoms with Crippen LogP contribution < -0.4 is 15.0 Å². The third kappa shape index (κ3) is 2.89. The van der Waals surface area contributed by atoms with Crippen molar-refractivity contribution in [2.75, 3.05) is 9.44 Å². The summed E-state index contributed by atoms with van der Waals surface area (Å²) >= 11 is 1.52. The van der Waals surface area contributed by atoms with Gasteiger partial charge in [0.1, 0.15) is 10.5 Å². The number of aromatic amines is 1. The Balaban J connectivity index is 1.42. The van der Waals surface area contributed by atoms with Crippen LogP contribution in [0.15, 0.2) is 41.5 Å². The van der Waals surface area contributed by atoms with E-state index in [1.54, 1.807) is 35.2 Å². The van der Waals surface area contributed by atoms with Crippen molar-refractivity contribution in [3.05, 3.63) is 63.3 Å². The zero-order valence-electron chi connectivity index (χ0n) is 16.7. The number of benzene rings is 1. The van der Waals surface area contributed by atoms with Gasteiger partial charge in [-0.25, -0.2) is 9.67 Å². The quantitative estimate of drug-likeness (QED) is 0.367. The molecule has 13 heteroatoms. The minimum atomic E-state index is -3.63. The van der Waals surface area contributed by atoms with Crippen LogP contribution in [0.5, 0.6) is 0 Å². The zero-order chi connectivity index (χ0) is 22.0. The van der Waals surface area contributed by atoms with E-state index in [2.05, 4.69) is 24.7 Å². The number of nitrogens with one attached hydrogen (secondary N) is 3. The summed E-state index contributed by atoms with van der Waals surface area (Å²) in [7, 11) is -1.82. The van der Waals surface area contributed by atoms with Crippen molar-refractivity contribution >= 4 is 54.2 Å². The van der Waals surface area contributed by atoms with Gasteiger partial charge >= 0.3 is 10.2 Å². The van der Waals surface area contributed by atoms with E-state index in [9.17, 15) is 13.2 Å². The second-order valence-electron chi connectivity index (χ2n) is 7.48. The molecule has 6 rings (SSSR count). The van der Waals surface area contributed by atoms with Crippen LogP contribution in [-0.4, -0.2) is 37.9 Å². The van der Waals surface area contributed by atoms with Gasteiger partial charge in [-0.3, -0.25) is 19.3 Å². The summed E-state index contributed by atoms with van der Waals surface area (Å²) in [4.78, 5) is 18.0. The zero-order valence-corrected chi connectivity index (χ0v) is 18.3. The van der Waals surface area contributed by atoms with Gasteiger partial charge in [0.25, 0.3) is 5.56 Å². The maximum atomic E-state index is 13.3. The Kier molecular flexibility index (Phi) is 3.95. The third-order valence-corrected chi connectivity index (χ3v) is 7.45. The predicted octanol–water partition coefficient (Wildman–Crippen LogP) is 1.79. The molecular formula is C19H16N8O3S2. The Bertz CT molecular complexity index is 1680. The van der Waals surface area contributed by atoms with Crippen molar-refractivity contribution in [1.82, 2.24) is 29.5 Å². The first-order valence-electron chi connectivity index (χ1n) is 9.64. The van der Waals surface area contributed by atoms with Crippen molar-refractivity contribution in [3.8, 4) is 0 Å². The SMILES string of the molecule is Cn1c2nc(Cc3cc[nH]n3)sc2c2cnn(Cc3cccc4c3NS(=O)(=O)N4)c(=O)c21. The van der Waals surface area contributed by atoms with Crippen LogP contribution in [-0.2, 0) is 30.2 Å². The summed E-state index contributed by atoms with van der Waals surface area (Å²) in [5.41, 5.74) is 3.38. The van der Waals surface area contributed by atoms with Crippen molar-refractivity contribution in [2.24, 2.45) is 7.05 Å². The number of anilines is 2. The minimum absolute atomic E-state index is 0.124. The molecule has 0 aliphatic carbocycles. The summed E-state index contributed by atoms with van der Waals surface area (Å²) in [5.74, 6) is 0. The molecule has 5 heterocycles. The predicted molar refractivity (Wildman–Crippen MR) is 121 cm³/mol. The van der Waals surface area contributed by atoms with E-state index in [0.29, 0.717) is 28.9 Å². The van der Waals surface area contributed by atoms with E-state index in [1.165, 1.54) is 16.0 Å². The van der Waals surface area contributed by atoms with Crippen LogP contribution in [0.3, 0.4) is 0 Å². The highest BCUT2D eigenvalue weighted by Crippen LogP contribution is 2.34. The van der Waals surface area contributed by atoms with Gasteiger partial charge in [-0.2, -0.15) is 18.6 Å². The maximum Gasteiger partial charge on any atom is 0.321 e. The van der Waals surface area contributed by atoms with Gasteiger partial charge in [-0.15, -0.1) is 11.3 Å². The standard InChI is InChI=1S/C19H16N8O3S2/c1-26-16-12(17-18(26)22-14(31-17)7-11-5-6-20-23-11)8-21-27(19(16)28)9-10-3-2-4-13-15(10)25-32(29,30)24-13/h2-6,8,24-25H,7,9H2,1H3,(H,20,23). The summed E-state index contributed by atoms with van der Waals surface area (Å²) in [6.45, 7) is 0.124. The average Bonchev–Trinajstić information content (AvgIpc) is 3.50. The van der Waals surface area contributed by atoms with Gasteiger partial charge in [0.2, 0.25) is 0 Å². The first kappa shape index (κ1) is 19.0. The number of rotatable bonds is 4. The van der Waals surface area contributed by atoms with E-state index in [4.69, 9.17) is 4.98 Å². The molecule has 0 radical (unpaired) electrons. The fourth-order valence-corrected chi connectivity index (χ4v) is 6.11. The number of hydrogen-bond acceptors (Lipinski definition) is 7. The molecule has 0 unspecified atom stereocenters. The summed E-state index contributed by atoms with van der Waals surface area (Å²) < 4.78 is 32.6. The Hall–Kier alpha value is -3.71. The topological polar surface area (TPSA) is 140 Å². The fraction of sp³-hybridized carbons (Fsp3) is 0.158. The van der Waals surface area contributed by atoms with Crippen LogP contribution in [0, 0.1) is 0 Å². The van der Waals surface area contributed by atoms with Crippen molar-refractivity contribution in [1.29, 1.82) is 0 Å². The lowest BCUT2D eigenvalue weighted by Crippen LogP contribution is -2.25. The van der Waals surface area contributed by atoms with Crippen LogP contribution in [0.2, 0.25) is 0 Å².